The van der Waals surface area contributed by atoms with Gasteiger partial charge in [-0.05, 0) is 44.3 Å². The van der Waals surface area contributed by atoms with Gasteiger partial charge in [0.1, 0.15) is 0 Å². The highest BCUT2D eigenvalue weighted by molar-refractivity contribution is 8.00. The maximum Gasteiger partial charge on any atom is 0.240 e. The lowest BCUT2D eigenvalue weighted by atomic mass is 9.84. The minimum Gasteiger partial charge on any atom is -0.397 e. The van der Waals surface area contributed by atoms with Crippen LogP contribution in [0.5, 0.6) is 0 Å². The SMILES string of the molecule is CNS(=O)(=O)c1ccc(N)c(NCC2(SC)CCC2)c1. The first-order valence-corrected chi connectivity index (χ1v) is 9.25. The third-order valence-electron chi connectivity index (χ3n) is 3.90. The van der Waals surface area contributed by atoms with Gasteiger partial charge in [0, 0.05) is 11.3 Å². The zero-order valence-electron chi connectivity index (χ0n) is 11.8. The molecule has 1 saturated carbocycles. The molecule has 0 saturated heterocycles. The molecular formula is C13H21N3O2S2. The molecule has 7 heteroatoms. The van der Waals surface area contributed by atoms with Crippen LogP contribution in [-0.4, -0.2) is 33.0 Å². The summed E-state index contributed by atoms with van der Waals surface area (Å²) in [5.74, 6) is 0. The molecule has 0 aromatic heterocycles. The first-order chi connectivity index (χ1) is 9.42. The highest BCUT2D eigenvalue weighted by atomic mass is 32.2. The van der Waals surface area contributed by atoms with Crippen molar-refractivity contribution in [2.75, 3.05) is 30.9 Å². The van der Waals surface area contributed by atoms with Crippen LogP contribution in [0.25, 0.3) is 0 Å². The average molecular weight is 315 g/mol. The summed E-state index contributed by atoms with van der Waals surface area (Å²) in [6, 6.07) is 4.73. The van der Waals surface area contributed by atoms with Gasteiger partial charge in [0.2, 0.25) is 10.0 Å². The summed E-state index contributed by atoms with van der Waals surface area (Å²) < 4.78 is 26.2. The molecule has 0 atom stereocenters. The molecule has 0 spiro atoms. The van der Waals surface area contributed by atoms with E-state index in [1.807, 2.05) is 11.8 Å². The predicted octanol–water partition coefficient (Wildman–Crippen LogP) is 1.87. The number of hydrogen-bond donors (Lipinski definition) is 3. The second-order valence-electron chi connectivity index (χ2n) is 5.05. The minimum atomic E-state index is -3.44. The van der Waals surface area contributed by atoms with E-state index >= 15 is 0 Å². The fraction of sp³-hybridized carbons (Fsp3) is 0.538. The zero-order valence-corrected chi connectivity index (χ0v) is 13.4. The second-order valence-corrected chi connectivity index (χ2v) is 8.21. The molecule has 4 N–H and O–H groups in total. The van der Waals surface area contributed by atoms with Gasteiger partial charge in [-0.2, -0.15) is 11.8 Å². The van der Waals surface area contributed by atoms with Crippen LogP contribution in [0, 0.1) is 0 Å². The van der Waals surface area contributed by atoms with E-state index in [2.05, 4.69) is 16.3 Å². The monoisotopic (exact) mass is 315 g/mol. The number of nitrogens with two attached hydrogens (primary N) is 1. The van der Waals surface area contributed by atoms with E-state index in [9.17, 15) is 8.42 Å². The van der Waals surface area contributed by atoms with Gasteiger partial charge in [-0.25, -0.2) is 13.1 Å². The van der Waals surface area contributed by atoms with Crippen molar-refractivity contribution in [1.82, 2.24) is 4.72 Å². The lowest BCUT2D eigenvalue weighted by Gasteiger charge is -2.40. The highest BCUT2D eigenvalue weighted by Crippen LogP contribution is 2.43. The Kier molecular flexibility index (Phi) is 4.51. The van der Waals surface area contributed by atoms with Crippen molar-refractivity contribution in [3.63, 3.8) is 0 Å². The van der Waals surface area contributed by atoms with Gasteiger partial charge in [0.25, 0.3) is 0 Å². The number of thioether (sulfide) groups is 1. The Hall–Kier alpha value is -0.920. The number of benzene rings is 1. The average Bonchev–Trinajstić information content (AvgIpc) is 2.39. The van der Waals surface area contributed by atoms with E-state index in [-0.39, 0.29) is 9.64 Å². The molecule has 1 aromatic rings. The Morgan fingerprint density at radius 1 is 1.40 bits per heavy atom. The van der Waals surface area contributed by atoms with Crippen molar-refractivity contribution >= 4 is 33.2 Å². The summed E-state index contributed by atoms with van der Waals surface area (Å²) in [4.78, 5) is 0.225. The molecule has 0 heterocycles. The van der Waals surface area contributed by atoms with Crippen molar-refractivity contribution in [1.29, 1.82) is 0 Å². The molecule has 0 aliphatic heterocycles. The number of anilines is 2. The molecule has 0 amide bonds. The molecule has 20 heavy (non-hydrogen) atoms. The van der Waals surface area contributed by atoms with Gasteiger partial charge in [0.05, 0.1) is 16.3 Å². The van der Waals surface area contributed by atoms with Gasteiger partial charge >= 0.3 is 0 Å². The van der Waals surface area contributed by atoms with Crippen LogP contribution in [0.15, 0.2) is 23.1 Å². The van der Waals surface area contributed by atoms with Crippen molar-refractivity contribution in [2.45, 2.75) is 28.9 Å². The highest BCUT2D eigenvalue weighted by Gasteiger charge is 2.35. The Bertz CT molecular complexity index is 578. The summed E-state index contributed by atoms with van der Waals surface area (Å²) >= 11 is 1.86. The largest absolute Gasteiger partial charge is 0.397 e. The molecule has 1 fully saturated rings. The van der Waals surface area contributed by atoms with Crippen LogP contribution in [-0.2, 0) is 10.0 Å². The molecule has 2 rings (SSSR count). The van der Waals surface area contributed by atoms with Crippen molar-refractivity contribution in [2.24, 2.45) is 0 Å². The second kappa shape index (κ2) is 5.83. The fourth-order valence-corrected chi connectivity index (χ4v) is 3.92. The van der Waals surface area contributed by atoms with E-state index in [1.165, 1.54) is 32.4 Å². The quantitative estimate of drug-likeness (QED) is 0.698. The van der Waals surface area contributed by atoms with E-state index < -0.39 is 10.0 Å². The molecule has 0 unspecified atom stereocenters. The Morgan fingerprint density at radius 3 is 2.60 bits per heavy atom. The molecule has 5 nitrogen and oxygen atoms in total. The summed E-state index contributed by atoms with van der Waals surface area (Å²) in [7, 11) is -2.04. The van der Waals surface area contributed by atoms with Crippen LogP contribution < -0.4 is 15.8 Å². The Morgan fingerprint density at radius 2 is 2.10 bits per heavy atom. The molecular weight excluding hydrogens is 294 g/mol. The van der Waals surface area contributed by atoms with Crippen LogP contribution >= 0.6 is 11.8 Å². The number of hydrogen-bond acceptors (Lipinski definition) is 5. The van der Waals surface area contributed by atoms with Crippen LogP contribution in [0.4, 0.5) is 11.4 Å². The summed E-state index contributed by atoms with van der Waals surface area (Å²) in [5, 5.41) is 3.31. The first kappa shape index (κ1) is 15.5. The van der Waals surface area contributed by atoms with Gasteiger partial charge in [0.15, 0.2) is 0 Å². The van der Waals surface area contributed by atoms with Crippen molar-refractivity contribution in [3.8, 4) is 0 Å². The van der Waals surface area contributed by atoms with Crippen LogP contribution in [0.2, 0.25) is 0 Å². The van der Waals surface area contributed by atoms with Crippen molar-refractivity contribution in [3.05, 3.63) is 18.2 Å². The van der Waals surface area contributed by atoms with Crippen LogP contribution in [0.1, 0.15) is 19.3 Å². The van der Waals surface area contributed by atoms with E-state index in [4.69, 9.17) is 5.73 Å². The molecule has 1 aliphatic rings. The standard InChI is InChI=1S/C13H21N3O2S2/c1-15-20(17,18)10-4-5-11(14)12(8-10)16-9-13(19-2)6-3-7-13/h4-5,8,15-16H,3,6-7,9,14H2,1-2H3. The third-order valence-corrected chi connectivity index (χ3v) is 6.73. The van der Waals surface area contributed by atoms with E-state index in [1.54, 1.807) is 12.1 Å². The predicted molar refractivity (Wildman–Crippen MR) is 85.7 cm³/mol. The van der Waals surface area contributed by atoms with Crippen LogP contribution in [0.3, 0.4) is 0 Å². The normalized spacial score (nSPS) is 17.5. The summed E-state index contributed by atoms with van der Waals surface area (Å²) in [6.07, 6.45) is 5.75. The van der Waals surface area contributed by atoms with Gasteiger partial charge in [-0.15, -0.1) is 0 Å². The van der Waals surface area contributed by atoms with Crippen molar-refractivity contribution < 1.29 is 8.42 Å². The third kappa shape index (κ3) is 3.05. The summed E-state index contributed by atoms with van der Waals surface area (Å²) in [5.41, 5.74) is 7.17. The molecule has 1 aromatic carbocycles. The smallest absolute Gasteiger partial charge is 0.240 e. The van der Waals surface area contributed by atoms with Gasteiger partial charge in [-0.1, -0.05) is 6.42 Å². The minimum absolute atomic E-state index is 0.225. The lowest BCUT2D eigenvalue weighted by molar-refractivity contribution is 0.380. The topological polar surface area (TPSA) is 84.2 Å². The van der Waals surface area contributed by atoms with Gasteiger partial charge in [-0.3, -0.25) is 0 Å². The molecule has 0 radical (unpaired) electrons. The zero-order chi connectivity index (χ0) is 14.8. The first-order valence-electron chi connectivity index (χ1n) is 6.54. The van der Waals surface area contributed by atoms with E-state index in [0.29, 0.717) is 11.4 Å². The maximum atomic E-state index is 11.8. The number of rotatable bonds is 6. The molecule has 112 valence electrons. The van der Waals surface area contributed by atoms with E-state index in [0.717, 1.165) is 6.54 Å². The fourth-order valence-electron chi connectivity index (χ4n) is 2.25. The van der Waals surface area contributed by atoms with Gasteiger partial charge < -0.3 is 11.1 Å². The number of nitrogens with one attached hydrogen (secondary N) is 2. The number of sulfonamides is 1. The lowest BCUT2D eigenvalue weighted by Crippen LogP contribution is -2.40. The Labute approximate surface area is 124 Å². The maximum absolute atomic E-state index is 11.8. The number of nitrogen functional groups attached to an aromatic ring is 1. The molecule has 0 bridgehead atoms. The summed E-state index contributed by atoms with van der Waals surface area (Å²) in [6.45, 7) is 0.807. The molecule has 1 aliphatic carbocycles. The Balaban J connectivity index is 2.17.